The predicted octanol–water partition coefficient (Wildman–Crippen LogP) is 1.46. The van der Waals surface area contributed by atoms with Gasteiger partial charge in [-0.3, -0.25) is 4.79 Å². The standard InChI is InChI=1S/C15H22N2O2/c1-11-4-3-5-13(10-11)17-8-6-12(2)16-15(19)14(17)7-9-18/h3-5,10,12,14,18H,6-9H2,1-2H3,(H,16,19). The van der Waals surface area contributed by atoms with E-state index < -0.39 is 0 Å². The number of carbonyl (C=O) groups excluding carboxylic acids is 1. The number of anilines is 1. The average Bonchev–Trinajstić information content (AvgIpc) is 2.50. The van der Waals surface area contributed by atoms with E-state index in [4.69, 9.17) is 0 Å². The number of carbonyl (C=O) groups is 1. The topological polar surface area (TPSA) is 52.6 Å². The summed E-state index contributed by atoms with van der Waals surface area (Å²) < 4.78 is 0. The first-order chi connectivity index (χ1) is 9.11. The van der Waals surface area contributed by atoms with Gasteiger partial charge in [0.25, 0.3) is 0 Å². The summed E-state index contributed by atoms with van der Waals surface area (Å²) in [5, 5.41) is 12.2. The number of nitrogens with one attached hydrogen (secondary N) is 1. The number of aliphatic hydroxyl groups is 1. The first-order valence-corrected chi connectivity index (χ1v) is 6.86. The van der Waals surface area contributed by atoms with Gasteiger partial charge in [0.15, 0.2) is 0 Å². The highest BCUT2D eigenvalue weighted by atomic mass is 16.3. The lowest BCUT2D eigenvalue weighted by Crippen LogP contribution is -2.45. The van der Waals surface area contributed by atoms with E-state index in [2.05, 4.69) is 16.3 Å². The molecule has 1 aromatic rings. The molecule has 0 aliphatic carbocycles. The van der Waals surface area contributed by atoms with E-state index in [1.54, 1.807) is 0 Å². The van der Waals surface area contributed by atoms with Crippen molar-refractivity contribution < 1.29 is 9.90 Å². The Balaban J connectivity index is 2.30. The second-order valence-corrected chi connectivity index (χ2v) is 5.26. The third kappa shape index (κ3) is 3.26. The zero-order chi connectivity index (χ0) is 13.8. The van der Waals surface area contributed by atoms with E-state index in [-0.39, 0.29) is 24.6 Å². The molecular formula is C15H22N2O2. The van der Waals surface area contributed by atoms with Crippen LogP contribution in [0.15, 0.2) is 24.3 Å². The van der Waals surface area contributed by atoms with Gasteiger partial charge in [-0.15, -0.1) is 0 Å². The van der Waals surface area contributed by atoms with E-state index in [0.29, 0.717) is 6.42 Å². The monoisotopic (exact) mass is 262 g/mol. The summed E-state index contributed by atoms with van der Waals surface area (Å²) >= 11 is 0. The molecule has 1 fully saturated rings. The van der Waals surface area contributed by atoms with E-state index in [9.17, 15) is 9.90 Å². The fraction of sp³-hybridized carbons (Fsp3) is 0.533. The van der Waals surface area contributed by atoms with E-state index >= 15 is 0 Å². The molecule has 2 atom stereocenters. The number of benzene rings is 1. The Kier molecular flexibility index (Phi) is 4.43. The Morgan fingerprint density at radius 1 is 1.47 bits per heavy atom. The van der Waals surface area contributed by atoms with Gasteiger partial charge >= 0.3 is 0 Å². The number of aryl methyl sites for hydroxylation is 1. The summed E-state index contributed by atoms with van der Waals surface area (Å²) in [4.78, 5) is 14.3. The first kappa shape index (κ1) is 13.9. The fourth-order valence-corrected chi connectivity index (χ4v) is 2.57. The highest BCUT2D eigenvalue weighted by molar-refractivity contribution is 5.86. The molecule has 1 aliphatic heterocycles. The highest BCUT2D eigenvalue weighted by Crippen LogP contribution is 2.22. The molecule has 4 nitrogen and oxygen atoms in total. The number of nitrogens with zero attached hydrogens (tertiary/aromatic N) is 1. The zero-order valence-electron chi connectivity index (χ0n) is 11.6. The normalized spacial score (nSPS) is 23.9. The van der Waals surface area contributed by atoms with Crippen LogP contribution in [0.1, 0.15) is 25.3 Å². The van der Waals surface area contributed by atoms with Crippen LogP contribution < -0.4 is 10.2 Å². The molecule has 1 saturated heterocycles. The molecule has 0 spiro atoms. The van der Waals surface area contributed by atoms with Gasteiger partial charge in [-0.25, -0.2) is 0 Å². The van der Waals surface area contributed by atoms with E-state index in [1.165, 1.54) is 5.56 Å². The largest absolute Gasteiger partial charge is 0.396 e. The van der Waals surface area contributed by atoms with Gasteiger partial charge in [0, 0.05) is 24.9 Å². The van der Waals surface area contributed by atoms with Crippen LogP contribution in [0.25, 0.3) is 0 Å². The smallest absolute Gasteiger partial charge is 0.242 e. The van der Waals surface area contributed by atoms with Crippen LogP contribution in [-0.4, -0.2) is 36.2 Å². The quantitative estimate of drug-likeness (QED) is 0.867. The van der Waals surface area contributed by atoms with Crippen molar-refractivity contribution in [2.45, 2.75) is 38.8 Å². The van der Waals surface area contributed by atoms with Crippen LogP contribution in [0.3, 0.4) is 0 Å². The van der Waals surface area contributed by atoms with Crippen LogP contribution >= 0.6 is 0 Å². The minimum atomic E-state index is -0.281. The van der Waals surface area contributed by atoms with Gasteiger partial charge in [0.05, 0.1) is 0 Å². The Labute approximate surface area is 114 Å². The average molecular weight is 262 g/mol. The predicted molar refractivity (Wildman–Crippen MR) is 76.2 cm³/mol. The molecule has 104 valence electrons. The maximum absolute atomic E-state index is 12.2. The number of rotatable bonds is 3. The summed E-state index contributed by atoms with van der Waals surface area (Å²) in [7, 11) is 0. The third-order valence-electron chi connectivity index (χ3n) is 3.61. The molecule has 1 heterocycles. The lowest BCUT2D eigenvalue weighted by Gasteiger charge is -2.30. The molecule has 0 bridgehead atoms. The van der Waals surface area contributed by atoms with Crippen LogP contribution in [-0.2, 0) is 4.79 Å². The van der Waals surface area contributed by atoms with E-state index in [1.807, 2.05) is 32.0 Å². The Bertz CT molecular complexity index is 448. The second-order valence-electron chi connectivity index (χ2n) is 5.26. The molecular weight excluding hydrogens is 240 g/mol. The van der Waals surface area contributed by atoms with Gasteiger partial charge in [-0.1, -0.05) is 12.1 Å². The van der Waals surface area contributed by atoms with Crippen LogP contribution in [0.4, 0.5) is 5.69 Å². The molecule has 2 N–H and O–H groups in total. The third-order valence-corrected chi connectivity index (χ3v) is 3.61. The molecule has 4 heteroatoms. The molecule has 1 aromatic carbocycles. The molecule has 2 unspecified atom stereocenters. The summed E-state index contributed by atoms with van der Waals surface area (Å²) in [5.41, 5.74) is 2.24. The molecule has 1 aliphatic rings. The van der Waals surface area contributed by atoms with Crippen LogP contribution in [0.2, 0.25) is 0 Å². The number of hydrogen-bond donors (Lipinski definition) is 2. The minimum absolute atomic E-state index is 0.0144. The van der Waals surface area contributed by atoms with E-state index in [0.717, 1.165) is 18.7 Å². The Morgan fingerprint density at radius 3 is 2.95 bits per heavy atom. The molecule has 0 radical (unpaired) electrons. The van der Waals surface area contributed by atoms with Crippen LogP contribution in [0.5, 0.6) is 0 Å². The maximum Gasteiger partial charge on any atom is 0.242 e. The first-order valence-electron chi connectivity index (χ1n) is 6.86. The van der Waals surface area contributed by atoms with Crippen molar-refractivity contribution in [3.8, 4) is 0 Å². The molecule has 1 amide bonds. The summed E-state index contributed by atoms with van der Waals surface area (Å²) in [5.74, 6) is 0.0144. The number of aliphatic hydroxyl groups excluding tert-OH is 1. The van der Waals surface area contributed by atoms with Crippen molar-refractivity contribution in [3.63, 3.8) is 0 Å². The molecule has 0 aromatic heterocycles. The van der Waals surface area contributed by atoms with Crippen molar-refractivity contribution in [1.29, 1.82) is 0 Å². The van der Waals surface area contributed by atoms with Crippen molar-refractivity contribution >= 4 is 11.6 Å². The zero-order valence-corrected chi connectivity index (χ0v) is 11.6. The summed E-state index contributed by atoms with van der Waals surface area (Å²) in [6.07, 6.45) is 1.38. The Morgan fingerprint density at radius 2 is 2.26 bits per heavy atom. The Hall–Kier alpha value is -1.55. The second kappa shape index (κ2) is 6.06. The highest BCUT2D eigenvalue weighted by Gasteiger charge is 2.29. The SMILES string of the molecule is Cc1cccc(N2CCC(C)NC(=O)C2CCO)c1. The molecule has 19 heavy (non-hydrogen) atoms. The van der Waals surface area contributed by atoms with Crippen molar-refractivity contribution in [3.05, 3.63) is 29.8 Å². The number of amides is 1. The van der Waals surface area contributed by atoms with Gasteiger partial charge in [-0.2, -0.15) is 0 Å². The summed E-state index contributed by atoms with van der Waals surface area (Å²) in [6.45, 7) is 4.92. The van der Waals surface area contributed by atoms with Gasteiger partial charge in [0.1, 0.15) is 6.04 Å². The lowest BCUT2D eigenvalue weighted by molar-refractivity contribution is -0.122. The summed E-state index contributed by atoms with van der Waals surface area (Å²) in [6, 6.07) is 8.08. The van der Waals surface area contributed by atoms with Crippen molar-refractivity contribution in [2.24, 2.45) is 0 Å². The number of hydrogen-bond acceptors (Lipinski definition) is 3. The van der Waals surface area contributed by atoms with Gasteiger partial charge in [0.2, 0.25) is 5.91 Å². The van der Waals surface area contributed by atoms with Gasteiger partial charge in [-0.05, 0) is 44.4 Å². The lowest BCUT2D eigenvalue weighted by atomic mass is 10.1. The van der Waals surface area contributed by atoms with Crippen molar-refractivity contribution in [2.75, 3.05) is 18.1 Å². The van der Waals surface area contributed by atoms with Gasteiger partial charge < -0.3 is 15.3 Å². The molecule has 2 rings (SSSR count). The van der Waals surface area contributed by atoms with Crippen LogP contribution in [0, 0.1) is 6.92 Å². The molecule has 0 saturated carbocycles. The van der Waals surface area contributed by atoms with Crippen molar-refractivity contribution in [1.82, 2.24) is 5.32 Å². The minimum Gasteiger partial charge on any atom is -0.396 e. The maximum atomic E-state index is 12.2. The fourth-order valence-electron chi connectivity index (χ4n) is 2.57.